The lowest BCUT2D eigenvalue weighted by Crippen LogP contribution is -2.41. The molecule has 1 heterocycles. The summed E-state index contributed by atoms with van der Waals surface area (Å²) in [6, 6.07) is 16.4. The maximum absolute atomic E-state index is 13.0. The summed E-state index contributed by atoms with van der Waals surface area (Å²) in [5.41, 5.74) is 4.92. The number of pyridine rings is 1. The second kappa shape index (κ2) is 13.4. The number of benzene rings is 3. The number of nitrogens with one attached hydrogen (secondary N) is 4. The predicted octanol–water partition coefficient (Wildman–Crippen LogP) is 3.75. The van der Waals surface area contributed by atoms with Crippen molar-refractivity contribution < 1.29 is 31.2 Å². The summed E-state index contributed by atoms with van der Waals surface area (Å²) in [6.45, 7) is -0.0557. The van der Waals surface area contributed by atoms with Gasteiger partial charge in [0.05, 0.1) is 12.1 Å². The van der Waals surface area contributed by atoms with E-state index in [4.69, 9.17) is 27.9 Å². The Morgan fingerprint density at radius 1 is 0.814 bits per heavy atom. The highest BCUT2D eigenvalue weighted by molar-refractivity contribution is 7.92. The lowest BCUT2D eigenvalue weighted by atomic mass is 10.2. The number of carbonyl (C=O) groups is 2. The van der Waals surface area contributed by atoms with Crippen LogP contribution >= 0.6 is 23.2 Å². The standard InChI is InChI=1S/C27H23Cl2N5O7S2/c1-41-23-11-5-19(14-25(23)42(37,38)31-16-17-3-2-12-30-15-17)27(36)33-32-26(35)18-4-10-22(29)24(13-18)43(39,40)34-21-8-6-20(28)7-9-21/h2-15,31,34H,16H2,1H3,(H,32,35)(H,33,36). The molecule has 0 atom stereocenters. The van der Waals surface area contributed by atoms with Crippen LogP contribution in [0.4, 0.5) is 5.69 Å². The smallest absolute Gasteiger partial charge is 0.269 e. The normalized spacial score (nSPS) is 11.4. The minimum absolute atomic E-state index is 0.0126. The van der Waals surface area contributed by atoms with Crippen LogP contribution < -0.4 is 25.0 Å². The van der Waals surface area contributed by atoms with Gasteiger partial charge in [-0.2, -0.15) is 0 Å². The van der Waals surface area contributed by atoms with Crippen molar-refractivity contribution in [3.63, 3.8) is 0 Å². The molecule has 0 aliphatic carbocycles. The van der Waals surface area contributed by atoms with Gasteiger partial charge in [-0.3, -0.25) is 30.1 Å². The van der Waals surface area contributed by atoms with Crippen molar-refractivity contribution in [3.8, 4) is 5.75 Å². The third kappa shape index (κ3) is 8.00. The van der Waals surface area contributed by atoms with Gasteiger partial charge in [0.15, 0.2) is 0 Å². The van der Waals surface area contributed by atoms with E-state index in [-0.39, 0.29) is 43.9 Å². The van der Waals surface area contributed by atoms with Gasteiger partial charge in [-0.25, -0.2) is 21.6 Å². The van der Waals surface area contributed by atoms with E-state index < -0.39 is 31.9 Å². The van der Waals surface area contributed by atoms with Crippen molar-refractivity contribution in [2.45, 2.75) is 16.3 Å². The fourth-order valence-corrected chi connectivity index (χ4v) is 6.55. The molecule has 0 saturated carbocycles. The number of sulfonamides is 2. The average molecular weight is 665 g/mol. The van der Waals surface area contributed by atoms with Crippen LogP contribution in [0, 0.1) is 0 Å². The number of hydrogen-bond acceptors (Lipinski definition) is 8. The molecule has 0 spiro atoms. The lowest BCUT2D eigenvalue weighted by Gasteiger charge is -2.13. The second-order valence-electron chi connectivity index (χ2n) is 8.72. The maximum Gasteiger partial charge on any atom is 0.269 e. The molecule has 43 heavy (non-hydrogen) atoms. The number of rotatable bonds is 10. The molecule has 1 aromatic heterocycles. The molecule has 16 heteroatoms. The highest BCUT2D eigenvalue weighted by atomic mass is 35.5. The Hall–Kier alpha value is -4.21. The van der Waals surface area contributed by atoms with Crippen molar-refractivity contribution in [3.05, 3.63) is 112 Å². The van der Waals surface area contributed by atoms with Crippen LogP contribution in [-0.4, -0.2) is 40.7 Å². The molecule has 2 amide bonds. The summed E-state index contributed by atoms with van der Waals surface area (Å²) in [7, 11) is -7.06. The Morgan fingerprint density at radius 3 is 2.05 bits per heavy atom. The Kier molecular flexibility index (Phi) is 9.88. The van der Waals surface area contributed by atoms with E-state index in [2.05, 4.69) is 25.3 Å². The molecule has 0 bridgehead atoms. The molecule has 4 N–H and O–H groups in total. The molecular weight excluding hydrogens is 641 g/mol. The van der Waals surface area contributed by atoms with Crippen LogP contribution in [0.1, 0.15) is 26.3 Å². The number of hydrazine groups is 1. The minimum Gasteiger partial charge on any atom is -0.495 e. The average Bonchev–Trinajstić information content (AvgIpc) is 3.00. The third-order valence-corrected chi connectivity index (χ3v) is 9.31. The molecule has 224 valence electrons. The highest BCUT2D eigenvalue weighted by Gasteiger charge is 2.23. The number of anilines is 1. The van der Waals surface area contributed by atoms with Gasteiger partial charge in [-0.1, -0.05) is 29.3 Å². The van der Waals surface area contributed by atoms with Crippen LogP contribution in [0.5, 0.6) is 5.75 Å². The van der Waals surface area contributed by atoms with E-state index in [1.807, 2.05) is 0 Å². The zero-order valence-corrected chi connectivity index (χ0v) is 25.3. The zero-order chi connectivity index (χ0) is 31.2. The summed E-state index contributed by atoms with van der Waals surface area (Å²) in [5, 5.41) is 0.262. The van der Waals surface area contributed by atoms with E-state index in [0.29, 0.717) is 10.6 Å². The van der Waals surface area contributed by atoms with Gasteiger partial charge in [-0.15, -0.1) is 0 Å². The van der Waals surface area contributed by atoms with Gasteiger partial charge in [0.25, 0.3) is 21.8 Å². The van der Waals surface area contributed by atoms with Crippen molar-refractivity contribution >= 4 is 60.8 Å². The maximum atomic E-state index is 13.0. The van der Waals surface area contributed by atoms with Crippen LogP contribution in [0.15, 0.2) is 95.0 Å². The van der Waals surface area contributed by atoms with Gasteiger partial charge in [-0.05, 0) is 72.3 Å². The van der Waals surface area contributed by atoms with E-state index in [1.165, 1.54) is 61.8 Å². The van der Waals surface area contributed by atoms with Gasteiger partial charge in [0, 0.05) is 40.8 Å². The van der Waals surface area contributed by atoms with Gasteiger partial charge < -0.3 is 4.74 Å². The van der Waals surface area contributed by atoms with E-state index in [9.17, 15) is 26.4 Å². The largest absolute Gasteiger partial charge is 0.495 e. The molecule has 4 aromatic rings. The summed E-state index contributed by atoms with van der Waals surface area (Å²) >= 11 is 11.9. The molecule has 0 aliphatic rings. The highest BCUT2D eigenvalue weighted by Crippen LogP contribution is 2.27. The fraction of sp³-hybridized carbons (Fsp3) is 0.0741. The first kappa shape index (κ1) is 31.7. The van der Waals surface area contributed by atoms with Crippen LogP contribution in [0.25, 0.3) is 0 Å². The topological polar surface area (TPSA) is 173 Å². The van der Waals surface area contributed by atoms with Crippen LogP contribution in [-0.2, 0) is 26.6 Å². The first-order valence-corrected chi connectivity index (χ1v) is 15.9. The van der Waals surface area contributed by atoms with Gasteiger partial charge in [0.1, 0.15) is 15.5 Å². The predicted molar refractivity (Wildman–Crippen MR) is 160 cm³/mol. The molecule has 0 aliphatic heterocycles. The Labute approximate surface area is 257 Å². The first-order valence-electron chi connectivity index (χ1n) is 12.1. The minimum atomic E-state index is -4.21. The Balaban J connectivity index is 1.47. The van der Waals surface area contributed by atoms with Crippen LogP contribution in [0.3, 0.4) is 0 Å². The van der Waals surface area contributed by atoms with Gasteiger partial charge >= 0.3 is 0 Å². The SMILES string of the molecule is COc1ccc(C(=O)NNC(=O)c2ccc(Cl)c(S(=O)(=O)Nc3ccc(Cl)cc3)c2)cc1S(=O)(=O)NCc1cccnc1. The monoisotopic (exact) mass is 663 g/mol. The van der Waals surface area contributed by atoms with Crippen molar-refractivity contribution in [2.24, 2.45) is 0 Å². The van der Waals surface area contributed by atoms with Crippen molar-refractivity contribution in [1.82, 2.24) is 20.6 Å². The number of hydrogen-bond donors (Lipinski definition) is 4. The van der Waals surface area contributed by atoms with Crippen LogP contribution in [0.2, 0.25) is 10.0 Å². The van der Waals surface area contributed by atoms with E-state index in [1.54, 1.807) is 18.3 Å². The molecule has 0 radical (unpaired) electrons. The molecule has 0 fully saturated rings. The van der Waals surface area contributed by atoms with E-state index in [0.717, 1.165) is 12.1 Å². The molecular formula is C27H23Cl2N5O7S2. The summed E-state index contributed by atoms with van der Waals surface area (Å²) in [6.07, 6.45) is 3.05. The molecule has 3 aromatic carbocycles. The molecule has 0 saturated heterocycles. The molecule has 4 rings (SSSR count). The van der Waals surface area contributed by atoms with Gasteiger partial charge in [0.2, 0.25) is 10.0 Å². The summed E-state index contributed by atoms with van der Waals surface area (Å²) < 4.78 is 61.8. The van der Waals surface area contributed by atoms with E-state index >= 15 is 0 Å². The zero-order valence-electron chi connectivity index (χ0n) is 22.2. The van der Waals surface area contributed by atoms with Crippen molar-refractivity contribution in [1.29, 1.82) is 0 Å². The molecule has 0 unspecified atom stereocenters. The quantitative estimate of drug-likeness (QED) is 0.186. The summed E-state index contributed by atoms with van der Waals surface area (Å²) in [4.78, 5) is 28.8. The fourth-order valence-electron chi connectivity index (χ4n) is 3.62. The third-order valence-electron chi connectivity index (χ3n) is 5.77. The Bertz CT molecular complexity index is 1870. The molecule has 12 nitrogen and oxygen atoms in total. The number of halogens is 2. The Morgan fingerprint density at radius 2 is 1.44 bits per heavy atom. The summed E-state index contributed by atoms with van der Waals surface area (Å²) in [5.74, 6) is -1.74. The number of ether oxygens (including phenoxy) is 1. The number of aromatic nitrogens is 1. The number of nitrogens with zero attached hydrogens (tertiary/aromatic N) is 1. The second-order valence-corrected chi connectivity index (χ2v) is 12.9. The number of amides is 2. The number of carbonyl (C=O) groups excluding carboxylic acids is 2. The first-order chi connectivity index (χ1) is 20.4. The lowest BCUT2D eigenvalue weighted by molar-refractivity contribution is 0.0846. The number of methoxy groups -OCH3 is 1. The van der Waals surface area contributed by atoms with Crippen molar-refractivity contribution in [2.75, 3.05) is 11.8 Å².